The van der Waals surface area contributed by atoms with Gasteiger partial charge >= 0.3 is 0 Å². The molecule has 0 radical (unpaired) electrons. The predicted molar refractivity (Wildman–Crippen MR) is 105 cm³/mol. The topological polar surface area (TPSA) is 112 Å². The van der Waals surface area contributed by atoms with Gasteiger partial charge < -0.3 is 5.73 Å². The van der Waals surface area contributed by atoms with Gasteiger partial charge in [-0.1, -0.05) is 30.4 Å². The van der Waals surface area contributed by atoms with Gasteiger partial charge in [0.15, 0.2) is 5.71 Å². The van der Waals surface area contributed by atoms with E-state index in [4.69, 9.17) is 23.2 Å². The number of hydrogen-bond donors (Lipinski definition) is 2. The maximum absolute atomic E-state index is 12.9. The Hall–Kier alpha value is -2.96. The normalized spacial score (nSPS) is 13.8. The van der Waals surface area contributed by atoms with E-state index in [1.54, 1.807) is 18.2 Å². The molecule has 0 aromatic heterocycles. The molecule has 3 rings (SSSR count). The lowest BCUT2D eigenvalue weighted by atomic mass is 10.2. The van der Waals surface area contributed by atoms with Crippen molar-refractivity contribution in [3.8, 4) is 6.07 Å². The average Bonchev–Trinajstić information content (AvgIpc) is 3.07. The molecule has 0 unspecified atom stereocenters. The number of nitrogens with zero attached hydrogens (tertiary/aromatic N) is 3. The number of nitrogens with two attached hydrogens (primary N) is 1. The number of hydrogen-bond acceptors (Lipinski definition) is 6. The number of nitriles is 1. The highest BCUT2D eigenvalue weighted by molar-refractivity contribution is 7.92. The van der Waals surface area contributed by atoms with E-state index in [-0.39, 0.29) is 15.6 Å². The Morgan fingerprint density at radius 3 is 2.58 bits per heavy atom. The molecule has 3 N–H and O–H groups in total. The maximum atomic E-state index is 12.9. The molecular formula is C17H15N5O2S2. The van der Waals surface area contributed by atoms with E-state index < -0.39 is 10.0 Å². The van der Waals surface area contributed by atoms with Gasteiger partial charge in [0.05, 0.1) is 16.3 Å². The van der Waals surface area contributed by atoms with Crippen molar-refractivity contribution in [3.05, 3.63) is 54.1 Å². The van der Waals surface area contributed by atoms with Crippen molar-refractivity contribution in [2.24, 2.45) is 10.8 Å². The van der Waals surface area contributed by atoms with E-state index in [2.05, 4.69) is 10.5 Å². The second-order valence-electron chi connectivity index (χ2n) is 5.53. The summed E-state index contributed by atoms with van der Waals surface area (Å²) in [6.45, 7) is 0.422. The number of sulfonamides is 1. The van der Waals surface area contributed by atoms with Crippen LogP contribution in [0.25, 0.3) is 0 Å². The summed E-state index contributed by atoms with van der Waals surface area (Å²) in [6, 6.07) is 15.3. The number of thiocarbonyl (C=S) groups is 1. The molecule has 0 saturated carbocycles. The zero-order valence-corrected chi connectivity index (χ0v) is 15.2. The summed E-state index contributed by atoms with van der Waals surface area (Å²) in [5, 5.41) is 12.6. The third-order valence-corrected chi connectivity index (χ3v) is 5.94. The first-order valence-electron chi connectivity index (χ1n) is 7.68. The van der Waals surface area contributed by atoms with Crippen LogP contribution in [0.2, 0.25) is 0 Å². The number of nitrogens with one attached hydrogen (secondary N) is 1. The van der Waals surface area contributed by atoms with Gasteiger partial charge in [0.2, 0.25) is 0 Å². The second-order valence-corrected chi connectivity index (χ2v) is 7.83. The number of rotatable bonds is 5. The Balaban J connectivity index is 1.83. The number of fused-ring (bicyclic) bond motifs is 1. The van der Waals surface area contributed by atoms with Crippen LogP contribution in [0, 0.1) is 11.3 Å². The molecule has 1 aliphatic rings. The molecule has 2 aromatic carbocycles. The molecule has 0 saturated heterocycles. The smallest absolute Gasteiger partial charge is 0.264 e. The lowest BCUT2D eigenvalue weighted by molar-refractivity contribution is 0.592. The summed E-state index contributed by atoms with van der Waals surface area (Å²) in [7, 11) is -3.64. The van der Waals surface area contributed by atoms with Gasteiger partial charge in [0.25, 0.3) is 10.0 Å². The van der Waals surface area contributed by atoms with Crippen LogP contribution < -0.4 is 15.5 Å². The predicted octanol–water partition coefficient (Wildman–Crippen LogP) is 2.02. The van der Waals surface area contributed by atoms with Crippen molar-refractivity contribution in [3.63, 3.8) is 0 Å². The van der Waals surface area contributed by atoms with Gasteiger partial charge in [-0.25, -0.2) is 8.42 Å². The van der Waals surface area contributed by atoms with E-state index in [9.17, 15) is 8.42 Å². The summed E-state index contributed by atoms with van der Waals surface area (Å²) >= 11 is 4.69. The van der Waals surface area contributed by atoms with E-state index >= 15 is 0 Å². The zero-order chi connectivity index (χ0) is 18.7. The molecule has 0 fully saturated rings. The third-order valence-electron chi connectivity index (χ3n) is 3.92. The molecule has 26 heavy (non-hydrogen) atoms. The first-order valence-corrected chi connectivity index (χ1v) is 9.52. The monoisotopic (exact) mass is 385 g/mol. The van der Waals surface area contributed by atoms with Crippen molar-refractivity contribution in [2.45, 2.75) is 11.3 Å². The van der Waals surface area contributed by atoms with Crippen LogP contribution >= 0.6 is 12.2 Å². The van der Waals surface area contributed by atoms with Crippen LogP contribution in [0.1, 0.15) is 5.56 Å². The first-order chi connectivity index (χ1) is 12.4. The number of benzene rings is 2. The Labute approximate surface area is 156 Å². The average molecular weight is 385 g/mol. The summed E-state index contributed by atoms with van der Waals surface area (Å²) in [4.78, 5) is 0.0606. The van der Waals surface area contributed by atoms with Gasteiger partial charge in [-0.15, -0.1) is 0 Å². The minimum Gasteiger partial charge on any atom is -0.387 e. The Kier molecular flexibility index (Phi) is 4.88. The van der Waals surface area contributed by atoms with Gasteiger partial charge in [-0.2, -0.15) is 10.4 Å². The highest BCUT2D eigenvalue weighted by Crippen LogP contribution is 2.32. The van der Waals surface area contributed by atoms with Crippen LogP contribution in [-0.2, 0) is 16.4 Å². The molecule has 1 aliphatic heterocycles. The molecule has 7 nitrogen and oxygen atoms in total. The molecule has 0 spiro atoms. The minimum absolute atomic E-state index is 0.106. The zero-order valence-electron chi connectivity index (χ0n) is 13.6. The van der Waals surface area contributed by atoms with Crippen LogP contribution in [-0.4, -0.2) is 25.7 Å². The van der Waals surface area contributed by atoms with Crippen LogP contribution in [0.3, 0.4) is 0 Å². The molecular weight excluding hydrogens is 370 g/mol. The van der Waals surface area contributed by atoms with Crippen molar-refractivity contribution in [2.75, 3.05) is 16.3 Å². The van der Waals surface area contributed by atoms with Crippen molar-refractivity contribution < 1.29 is 8.42 Å². The van der Waals surface area contributed by atoms with E-state index in [0.717, 1.165) is 11.3 Å². The molecule has 0 bridgehead atoms. The van der Waals surface area contributed by atoms with Gasteiger partial charge in [-0.3, -0.25) is 9.73 Å². The lowest BCUT2D eigenvalue weighted by Crippen LogP contribution is -2.29. The first kappa shape index (κ1) is 17.8. The standard InChI is InChI=1S/C17H15N5O2S2/c18-11-15(17(19)25)21-20-13-5-7-14(8-6-13)26(23,24)22-10-9-12-3-1-2-4-16(12)22/h1-8,20H,9-10H2,(H2,19,25)/b21-15-. The summed E-state index contributed by atoms with van der Waals surface area (Å²) in [6.07, 6.45) is 0.694. The Bertz CT molecular complexity index is 1020. The van der Waals surface area contributed by atoms with Crippen LogP contribution in [0.4, 0.5) is 11.4 Å². The molecule has 1 heterocycles. The largest absolute Gasteiger partial charge is 0.387 e. The van der Waals surface area contributed by atoms with Crippen molar-refractivity contribution >= 4 is 44.3 Å². The lowest BCUT2D eigenvalue weighted by Gasteiger charge is -2.19. The van der Waals surface area contributed by atoms with Crippen molar-refractivity contribution in [1.82, 2.24) is 0 Å². The summed E-state index contributed by atoms with van der Waals surface area (Å²) in [5.74, 6) is 0. The molecule has 0 amide bonds. The van der Waals surface area contributed by atoms with Gasteiger partial charge in [-0.05, 0) is 42.3 Å². The summed E-state index contributed by atoms with van der Waals surface area (Å²) in [5.41, 5.74) is 10.1. The highest BCUT2D eigenvalue weighted by atomic mass is 32.2. The maximum Gasteiger partial charge on any atom is 0.264 e. The quantitative estimate of drug-likeness (QED) is 0.463. The number of hydrazone groups is 1. The van der Waals surface area contributed by atoms with Gasteiger partial charge in [0.1, 0.15) is 11.1 Å². The fourth-order valence-corrected chi connectivity index (χ4v) is 4.24. The second kappa shape index (κ2) is 7.11. The Morgan fingerprint density at radius 2 is 1.92 bits per heavy atom. The van der Waals surface area contributed by atoms with Crippen LogP contribution in [0.15, 0.2) is 58.5 Å². The number of para-hydroxylation sites is 1. The van der Waals surface area contributed by atoms with E-state index in [1.165, 1.54) is 16.4 Å². The molecule has 0 aliphatic carbocycles. The molecule has 0 atom stereocenters. The van der Waals surface area contributed by atoms with E-state index in [0.29, 0.717) is 18.7 Å². The fraction of sp³-hybridized carbons (Fsp3) is 0.118. The van der Waals surface area contributed by atoms with E-state index in [1.807, 2.05) is 24.3 Å². The van der Waals surface area contributed by atoms with Crippen LogP contribution in [0.5, 0.6) is 0 Å². The SMILES string of the molecule is N#C/C(=N/Nc1ccc(S(=O)(=O)N2CCc3ccccc32)cc1)C(N)=S. The summed E-state index contributed by atoms with van der Waals surface area (Å²) < 4.78 is 27.2. The molecule has 132 valence electrons. The highest BCUT2D eigenvalue weighted by Gasteiger charge is 2.30. The number of anilines is 2. The Morgan fingerprint density at radius 1 is 1.23 bits per heavy atom. The van der Waals surface area contributed by atoms with Gasteiger partial charge in [0, 0.05) is 6.54 Å². The third kappa shape index (κ3) is 3.37. The van der Waals surface area contributed by atoms with Crippen molar-refractivity contribution in [1.29, 1.82) is 5.26 Å². The molecule has 9 heteroatoms. The minimum atomic E-state index is -3.64. The fourth-order valence-electron chi connectivity index (χ4n) is 2.64. The molecule has 2 aromatic rings.